The zero-order chi connectivity index (χ0) is 23.4. The third-order valence-electron chi connectivity index (χ3n) is 4.93. The van der Waals surface area contributed by atoms with E-state index in [1.165, 1.54) is 6.92 Å². The highest BCUT2D eigenvalue weighted by Crippen LogP contribution is 2.33. The molecule has 0 aliphatic heterocycles. The van der Waals surface area contributed by atoms with Gasteiger partial charge in [-0.3, -0.25) is 14.9 Å². The number of methoxy groups -OCH3 is 2. The first-order valence-corrected chi connectivity index (χ1v) is 10.1. The molecule has 0 unspecified atom stereocenters. The Morgan fingerprint density at radius 3 is 2.42 bits per heavy atom. The summed E-state index contributed by atoms with van der Waals surface area (Å²) in [6.07, 6.45) is 1.79. The number of ether oxygens (including phenoxy) is 3. The Balaban J connectivity index is 1.46. The Labute approximate surface area is 189 Å². The van der Waals surface area contributed by atoms with Crippen LogP contribution in [0.15, 0.2) is 60.8 Å². The number of fused-ring (bicyclic) bond motifs is 1. The summed E-state index contributed by atoms with van der Waals surface area (Å²) in [5.41, 5.74) is 2.82. The average molecular weight is 446 g/mol. The summed E-state index contributed by atoms with van der Waals surface area (Å²) in [6, 6.07) is 15.8. The molecule has 0 saturated heterocycles. The van der Waals surface area contributed by atoms with Crippen molar-refractivity contribution in [2.75, 3.05) is 26.1 Å². The molecular weight excluding hydrogens is 424 g/mol. The largest absolute Gasteiger partial charge is 0.497 e. The number of nitrogens with zero attached hydrogens (tertiary/aromatic N) is 3. The van der Waals surface area contributed by atoms with Gasteiger partial charge in [0, 0.05) is 22.9 Å². The summed E-state index contributed by atoms with van der Waals surface area (Å²) >= 11 is 0. The van der Waals surface area contributed by atoms with E-state index in [1.807, 2.05) is 24.3 Å². The molecule has 1 amide bonds. The molecule has 0 atom stereocenters. The molecule has 4 rings (SSSR count). The van der Waals surface area contributed by atoms with E-state index in [0.29, 0.717) is 28.5 Å². The molecule has 0 radical (unpaired) electrons. The minimum Gasteiger partial charge on any atom is -0.497 e. The van der Waals surface area contributed by atoms with Crippen LogP contribution in [0.25, 0.3) is 16.8 Å². The van der Waals surface area contributed by atoms with E-state index in [1.54, 1.807) is 55.3 Å². The Morgan fingerprint density at radius 2 is 1.73 bits per heavy atom. The smallest absolute Gasteiger partial charge is 0.264 e. The first-order valence-electron chi connectivity index (χ1n) is 10.1. The lowest BCUT2D eigenvalue weighted by molar-refractivity contribution is -0.118. The number of benzene rings is 2. The summed E-state index contributed by atoms with van der Waals surface area (Å²) in [5.74, 6) is 1.59. The normalized spacial score (nSPS) is 10.6. The quantitative estimate of drug-likeness (QED) is 0.412. The van der Waals surface area contributed by atoms with Gasteiger partial charge in [-0.2, -0.15) is 4.98 Å². The number of aromatic nitrogens is 3. The molecule has 2 aromatic heterocycles. The van der Waals surface area contributed by atoms with Crippen LogP contribution in [0.4, 0.5) is 5.95 Å². The second-order valence-electron chi connectivity index (χ2n) is 7.14. The molecule has 0 bridgehead atoms. The number of ketones is 1. The highest BCUT2D eigenvalue weighted by Gasteiger charge is 2.12. The van der Waals surface area contributed by atoms with Crippen molar-refractivity contribution in [1.82, 2.24) is 14.6 Å². The number of hydrogen-bond acceptors (Lipinski definition) is 7. The van der Waals surface area contributed by atoms with Crippen molar-refractivity contribution >= 4 is 23.3 Å². The predicted molar refractivity (Wildman–Crippen MR) is 122 cm³/mol. The summed E-state index contributed by atoms with van der Waals surface area (Å²) < 4.78 is 17.8. The van der Waals surface area contributed by atoms with Gasteiger partial charge in [0.05, 0.1) is 14.2 Å². The molecule has 9 nitrogen and oxygen atoms in total. The van der Waals surface area contributed by atoms with Gasteiger partial charge in [-0.25, -0.2) is 4.52 Å². The van der Waals surface area contributed by atoms with Gasteiger partial charge in [-0.15, -0.1) is 5.10 Å². The first kappa shape index (κ1) is 21.8. The van der Waals surface area contributed by atoms with Gasteiger partial charge in [-0.05, 0) is 61.5 Å². The number of carbonyl (C=O) groups is 2. The van der Waals surface area contributed by atoms with Crippen molar-refractivity contribution in [2.24, 2.45) is 0 Å². The summed E-state index contributed by atoms with van der Waals surface area (Å²) in [4.78, 5) is 27.9. The topological polar surface area (TPSA) is 104 Å². The fraction of sp³-hybridized carbons (Fsp3) is 0.167. The molecule has 0 saturated carbocycles. The van der Waals surface area contributed by atoms with Crippen molar-refractivity contribution in [3.05, 3.63) is 66.4 Å². The number of anilines is 1. The fourth-order valence-electron chi connectivity index (χ4n) is 3.23. The van der Waals surface area contributed by atoms with E-state index in [2.05, 4.69) is 15.4 Å². The number of hydrogen-bond donors (Lipinski definition) is 1. The molecule has 168 valence electrons. The standard InChI is InChI=1S/C24H22N4O5/c1-15(29)16-4-7-18(8-5-16)33-14-23(30)26-24-25-22-11-6-17(13-28(22)27-24)20-12-19(31-2)9-10-21(20)32-3/h4-13H,14H2,1-3H3,(H,26,27,30). The van der Waals surface area contributed by atoms with Gasteiger partial charge in [0.2, 0.25) is 5.95 Å². The fourth-order valence-corrected chi connectivity index (χ4v) is 3.23. The Morgan fingerprint density at radius 1 is 0.970 bits per heavy atom. The van der Waals surface area contributed by atoms with Crippen molar-refractivity contribution in [2.45, 2.75) is 6.92 Å². The van der Waals surface area contributed by atoms with Crippen molar-refractivity contribution in [1.29, 1.82) is 0 Å². The van der Waals surface area contributed by atoms with Crippen LogP contribution in [0.5, 0.6) is 17.2 Å². The molecule has 2 aromatic carbocycles. The van der Waals surface area contributed by atoms with Crippen LogP contribution in [0.1, 0.15) is 17.3 Å². The second kappa shape index (κ2) is 9.39. The van der Waals surface area contributed by atoms with Gasteiger partial charge < -0.3 is 14.2 Å². The number of nitrogens with one attached hydrogen (secondary N) is 1. The van der Waals surface area contributed by atoms with Crippen LogP contribution in [-0.2, 0) is 4.79 Å². The van der Waals surface area contributed by atoms with Crippen LogP contribution in [0.2, 0.25) is 0 Å². The highest BCUT2D eigenvalue weighted by atomic mass is 16.5. The maximum atomic E-state index is 12.3. The zero-order valence-electron chi connectivity index (χ0n) is 18.4. The molecule has 0 fully saturated rings. The van der Waals surface area contributed by atoms with Gasteiger partial charge in [0.15, 0.2) is 18.0 Å². The van der Waals surface area contributed by atoms with Gasteiger partial charge in [0.1, 0.15) is 17.2 Å². The number of rotatable bonds is 8. The third-order valence-corrected chi connectivity index (χ3v) is 4.93. The number of pyridine rings is 1. The molecule has 2 heterocycles. The van der Waals surface area contributed by atoms with Crippen LogP contribution in [0, 0.1) is 0 Å². The Hall–Kier alpha value is -4.40. The van der Waals surface area contributed by atoms with Gasteiger partial charge >= 0.3 is 0 Å². The minimum atomic E-state index is -0.406. The molecule has 9 heteroatoms. The summed E-state index contributed by atoms with van der Waals surface area (Å²) in [5, 5.41) is 6.96. The van der Waals surface area contributed by atoms with Crippen molar-refractivity contribution < 1.29 is 23.8 Å². The van der Waals surface area contributed by atoms with Crippen LogP contribution in [-0.4, -0.2) is 47.1 Å². The molecule has 0 aliphatic carbocycles. The van der Waals surface area contributed by atoms with Crippen molar-refractivity contribution in [3.8, 4) is 28.4 Å². The van der Waals surface area contributed by atoms with Gasteiger partial charge in [-0.1, -0.05) is 0 Å². The van der Waals surface area contributed by atoms with E-state index in [4.69, 9.17) is 14.2 Å². The summed E-state index contributed by atoms with van der Waals surface area (Å²) in [6.45, 7) is 1.27. The Kier molecular flexibility index (Phi) is 6.21. The number of amides is 1. The monoisotopic (exact) mass is 446 g/mol. The minimum absolute atomic E-state index is 0.0368. The first-order chi connectivity index (χ1) is 16.0. The molecule has 0 spiro atoms. The maximum Gasteiger partial charge on any atom is 0.264 e. The lowest BCUT2D eigenvalue weighted by atomic mass is 10.1. The average Bonchev–Trinajstić information content (AvgIpc) is 3.23. The predicted octanol–water partition coefficient (Wildman–Crippen LogP) is 3.63. The van der Waals surface area contributed by atoms with E-state index in [9.17, 15) is 9.59 Å². The van der Waals surface area contributed by atoms with Crippen LogP contribution >= 0.6 is 0 Å². The Bertz CT molecular complexity index is 1310. The van der Waals surface area contributed by atoms with E-state index >= 15 is 0 Å². The van der Waals surface area contributed by atoms with E-state index < -0.39 is 5.91 Å². The highest BCUT2D eigenvalue weighted by molar-refractivity contribution is 5.94. The third kappa shape index (κ3) is 4.93. The number of carbonyl (C=O) groups excluding carboxylic acids is 2. The zero-order valence-corrected chi connectivity index (χ0v) is 18.4. The molecule has 1 N–H and O–H groups in total. The second-order valence-corrected chi connectivity index (χ2v) is 7.14. The molecule has 33 heavy (non-hydrogen) atoms. The SMILES string of the molecule is COc1ccc(OC)c(-c2ccc3nc(NC(=O)COc4ccc(C(C)=O)cc4)nn3c2)c1. The maximum absolute atomic E-state index is 12.3. The van der Waals surface area contributed by atoms with Crippen LogP contribution < -0.4 is 19.5 Å². The number of Topliss-reactive ketones (excluding diaryl/α,β-unsaturated/α-hetero) is 1. The molecule has 4 aromatic rings. The van der Waals surface area contributed by atoms with Crippen LogP contribution in [0.3, 0.4) is 0 Å². The molecule has 0 aliphatic rings. The van der Waals surface area contributed by atoms with Crippen molar-refractivity contribution in [3.63, 3.8) is 0 Å². The lowest BCUT2D eigenvalue weighted by Crippen LogP contribution is -2.20. The van der Waals surface area contributed by atoms with Gasteiger partial charge in [0.25, 0.3) is 5.91 Å². The van der Waals surface area contributed by atoms with E-state index in [-0.39, 0.29) is 18.3 Å². The summed E-state index contributed by atoms with van der Waals surface area (Å²) in [7, 11) is 3.21. The lowest BCUT2D eigenvalue weighted by Gasteiger charge is -2.10. The van der Waals surface area contributed by atoms with E-state index in [0.717, 1.165) is 11.1 Å². The molecular formula is C24H22N4O5.